The van der Waals surface area contributed by atoms with E-state index in [1.807, 2.05) is 6.92 Å². The van der Waals surface area contributed by atoms with E-state index in [0.29, 0.717) is 25.7 Å². The Labute approximate surface area is 340 Å². The topological polar surface area (TPSA) is 225 Å². The van der Waals surface area contributed by atoms with E-state index in [1.54, 1.807) is 13.8 Å². The molecule has 2 heterocycles. The van der Waals surface area contributed by atoms with Crippen molar-refractivity contribution in [2.75, 3.05) is 20.3 Å². The lowest BCUT2D eigenvalue weighted by Crippen LogP contribution is -2.63. The van der Waals surface area contributed by atoms with Crippen LogP contribution in [0, 0.1) is 44.8 Å². The number of benzene rings is 1. The van der Waals surface area contributed by atoms with Crippen molar-refractivity contribution in [3.8, 4) is 11.5 Å². The van der Waals surface area contributed by atoms with Crippen LogP contribution in [0.1, 0.15) is 110 Å². The van der Waals surface area contributed by atoms with Crippen LogP contribution in [0.4, 0.5) is 0 Å². The molecule has 2 spiro atoms. The number of aliphatic hydroxyl groups is 7. The van der Waals surface area contributed by atoms with Crippen molar-refractivity contribution >= 4 is 5.97 Å². The largest absolute Gasteiger partial charge is 0.504 e. The van der Waals surface area contributed by atoms with Crippen molar-refractivity contribution < 1.29 is 69.3 Å². The van der Waals surface area contributed by atoms with Crippen LogP contribution in [-0.2, 0) is 18.9 Å². The van der Waals surface area contributed by atoms with Gasteiger partial charge in [-0.05, 0) is 125 Å². The molecule has 0 bridgehead atoms. The second-order valence-corrected chi connectivity index (χ2v) is 20.8. The zero-order valence-corrected chi connectivity index (χ0v) is 35.0. The molecule has 58 heavy (non-hydrogen) atoms. The summed E-state index contributed by atoms with van der Waals surface area (Å²) in [5, 5.41) is 89.4. The maximum absolute atomic E-state index is 12.9. The highest BCUT2D eigenvalue weighted by molar-refractivity contribution is 5.90. The molecular weight excluding hydrogens is 752 g/mol. The summed E-state index contributed by atoms with van der Waals surface area (Å²) in [4.78, 5) is 12.9. The van der Waals surface area contributed by atoms with Crippen molar-refractivity contribution in [1.82, 2.24) is 0 Å². The van der Waals surface area contributed by atoms with Gasteiger partial charge in [0.05, 0.1) is 48.3 Å². The predicted molar refractivity (Wildman–Crippen MR) is 206 cm³/mol. The van der Waals surface area contributed by atoms with Crippen LogP contribution >= 0.6 is 0 Å². The van der Waals surface area contributed by atoms with E-state index >= 15 is 0 Å². The molecule has 1 unspecified atom stereocenters. The van der Waals surface area contributed by atoms with Crippen molar-refractivity contribution in [3.05, 3.63) is 23.8 Å². The lowest BCUT2D eigenvalue weighted by molar-refractivity contribution is -0.326. The van der Waals surface area contributed by atoms with Crippen LogP contribution in [0.25, 0.3) is 0 Å². The predicted octanol–water partition coefficient (Wildman–Crippen LogP) is 2.81. The van der Waals surface area contributed by atoms with E-state index in [4.69, 9.17) is 23.7 Å². The standard InChI is InChI=1S/C44H66O14/c1-38(2)26-10-11-27-41(6)35(51)33(50)34(40(5)14-12-29(58-40)39(3,4)53)44(41,21-45)17-16-43(27)20-42(26,43)15-13-28(38)57-37-32(49)31(48)30(47)25(56-37)19-55-36(52)22-8-9-23(46)24(18-22)54-7/h8-9,18,25-35,37,45-51,53H,10-17,19-21H2,1-7H3/t25-,26+,27+,28+,29?,30-,31+,32-,33-,34-,35+,37+,40+,41-,42-,43+,44+/m1/s1. The molecule has 5 saturated carbocycles. The van der Waals surface area contributed by atoms with Gasteiger partial charge in [0.25, 0.3) is 0 Å². The fourth-order valence-electron chi connectivity index (χ4n) is 14.7. The number of esters is 1. The Hall–Kier alpha value is -2.11. The van der Waals surface area contributed by atoms with E-state index in [1.165, 1.54) is 25.3 Å². The summed E-state index contributed by atoms with van der Waals surface area (Å²) in [5.74, 6) is -1.05. The highest BCUT2D eigenvalue weighted by Gasteiger charge is 2.86. The number of hydrogen-bond donors (Lipinski definition) is 8. The second-order valence-electron chi connectivity index (χ2n) is 20.8. The quantitative estimate of drug-likeness (QED) is 0.133. The molecule has 8 rings (SSSR count). The molecule has 1 aromatic rings. The summed E-state index contributed by atoms with van der Waals surface area (Å²) in [6.07, 6.45) is -3.34. The molecule has 1 aromatic carbocycles. The average Bonchev–Trinajstić information content (AvgIpc) is 3.59. The summed E-state index contributed by atoms with van der Waals surface area (Å²) in [7, 11) is 1.35. The lowest BCUT2D eigenvalue weighted by atomic mass is 9.41. The van der Waals surface area contributed by atoms with Crippen molar-refractivity contribution in [3.63, 3.8) is 0 Å². The Bertz CT molecular complexity index is 1750. The number of rotatable bonds is 9. The molecule has 14 heteroatoms. The Morgan fingerprint density at radius 3 is 2.22 bits per heavy atom. The zero-order chi connectivity index (χ0) is 42.2. The number of carbonyl (C=O) groups excluding carboxylic acids is 1. The van der Waals surface area contributed by atoms with Gasteiger partial charge >= 0.3 is 5.97 Å². The van der Waals surface area contributed by atoms with Crippen LogP contribution in [0.3, 0.4) is 0 Å². The Balaban J connectivity index is 0.986. The Morgan fingerprint density at radius 2 is 1.57 bits per heavy atom. The monoisotopic (exact) mass is 818 g/mol. The third-order valence-electron chi connectivity index (χ3n) is 17.6. The van der Waals surface area contributed by atoms with Crippen LogP contribution in [0.2, 0.25) is 0 Å². The molecule has 17 atom stereocenters. The van der Waals surface area contributed by atoms with E-state index in [-0.39, 0.29) is 52.4 Å². The first-order valence-corrected chi connectivity index (χ1v) is 21.3. The maximum Gasteiger partial charge on any atom is 0.338 e. The molecule has 8 N–H and O–H groups in total. The third-order valence-corrected chi connectivity index (χ3v) is 17.6. The summed E-state index contributed by atoms with van der Waals surface area (Å²) in [6, 6.07) is 3.99. The SMILES string of the molecule is COc1cc(C(=O)OC[C@H]2O[C@@H](O[C@H]3CC[C@]45C[C@]46CC[C@]4(CO)[C@@H]([C@]7(C)CCC(C(C)(C)O)O7)[C@@H](O)[C@H](O)[C@@]4(C)[C@@H]6CC[C@H]5C3(C)C)[C@H](O)[C@@H](O)[C@@H]2O)ccc1O. The number of aliphatic hydroxyl groups excluding tert-OH is 6. The van der Waals surface area contributed by atoms with Crippen LogP contribution in [0.15, 0.2) is 18.2 Å². The molecule has 14 nitrogen and oxygen atoms in total. The second kappa shape index (κ2) is 14.0. The van der Waals surface area contributed by atoms with E-state index in [2.05, 4.69) is 20.8 Å². The van der Waals surface area contributed by atoms with Gasteiger partial charge in [0, 0.05) is 23.4 Å². The number of methoxy groups -OCH3 is 1. The van der Waals surface area contributed by atoms with E-state index in [0.717, 1.165) is 32.1 Å². The number of fused-ring (bicyclic) bond motifs is 2. The van der Waals surface area contributed by atoms with Crippen LogP contribution in [-0.4, -0.2) is 133 Å². The summed E-state index contributed by atoms with van der Waals surface area (Å²) < 4.78 is 29.8. The first kappa shape index (κ1) is 42.6. The smallest absolute Gasteiger partial charge is 0.338 e. The first-order chi connectivity index (χ1) is 27.1. The van der Waals surface area contributed by atoms with Gasteiger partial charge in [0.1, 0.15) is 31.0 Å². The minimum atomic E-state index is -1.62. The molecule has 326 valence electrons. The average molecular weight is 819 g/mol. The summed E-state index contributed by atoms with van der Waals surface area (Å²) in [6.45, 7) is 11.3. The number of phenols is 1. The molecule has 2 saturated heterocycles. The van der Waals surface area contributed by atoms with Gasteiger partial charge in [0.15, 0.2) is 17.8 Å². The van der Waals surface area contributed by atoms with Gasteiger partial charge < -0.3 is 64.5 Å². The number of carbonyl (C=O) groups is 1. The number of aromatic hydroxyl groups is 1. The number of hydrogen-bond acceptors (Lipinski definition) is 14. The van der Waals surface area contributed by atoms with Gasteiger partial charge in [-0.15, -0.1) is 0 Å². The number of ether oxygens (including phenoxy) is 5. The Morgan fingerprint density at radius 1 is 0.879 bits per heavy atom. The van der Waals surface area contributed by atoms with Crippen molar-refractivity contribution in [2.45, 2.75) is 166 Å². The zero-order valence-electron chi connectivity index (χ0n) is 35.0. The molecule has 5 aliphatic carbocycles. The minimum absolute atomic E-state index is 0.0399. The summed E-state index contributed by atoms with van der Waals surface area (Å²) in [5.41, 5.74) is -3.89. The van der Waals surface area contributed by atoms with Gasteiger partial charge in [-0.2, -0.15) is 0 Å². The molecule has 0 amide bonds. The molecule has 7 aliphatic rings. The normalized spacial score (nSPS) is 49.3. The van der Waals surface area contributed by atoms with Gasteiger partial charge in [-0.25, -0.2) is 4.79 Å². The van der Waals surface area contributed by atoms with E-state index < -0.39 is 95.0 Å². The van der Waals surface area contributed by atoms with Crippen molar-refractivity contribution in [2.24, 2.45) is 44.8 Å². The van der Waals surface area contributed by atoms with Gasteiger partial charge in [-0.3, -0.25) is 0 Å². The minimum Gasteiger partial charge on any atom is -0.504 e. The summed E-state index contributed by atoms with van der Waals surface area (Å²) >= 11 is 0. The maximum atomic E-state index is 12.9. The van der Waals surface area contributed by atoms with Crippen LogP contribution in [0.5, 0.6) is 11.5 Å². The molecule has 0 radical (unpaired) electrons. The fraction of sp³-hybridized carbons (Fsp3) is 0.841. The highest BCUT2D eigenvalue weighted by atomic mass is 16.7. The van der Waals surface area contributed by atoms with Crippen LogP contribution < -0.4 is 4.74 Å². The molecule has 2 aliphatic heterocycles. The Kier molecular flexibility index (Phi) is 10.2. The van der Waals surface area contributed by atoms with Gasteiger partial charge in [0.2, 0.25) is 0 Å². The molecule has 0 aromatic heterocycles. The molecule has 7 fully saturated rings. The lowest BCUT2D eigenvalue weighted by Gasteiger charge is -2.64. The molecular formula is C44H66O14. The first-order valence-electron chi connectivity index (χ1n) is 21.3. The van der Waals surface area contributed by atoms with Gasteiger partial charge in [-0.1, -0.05) is 20.8 Å². The third kappa shape index (κ3) is 5.75. The number of phenolic OH excluding ortho intramolecular Hbond substituents is 1. The van der Waals surface area contributed by atoms with E-state index in [9.17, 15) is 45.6 Å². The highest BCUT2D eigenvalue weighted by Crippen LogP contribution is 2.89. The van der Waals surface area contributed by atoms with Crippen molar-refractivity contribution in [1.29, 1.82) is 0 Å². The fourth-order valence-corrected chi connectivity index (χ4v) is 14.7.